The topological polar surface area (TPSA) is 107 Å². The largest absolute Gasteiger partial charge is 0.478 e. The minimum absolute atomic E-state index is 0.0781. The van der Waals surface area contributed by atoms with Gasteiger partial charge < -0.3 is 20.7 Å². The Balaban J connectivity index is 2.02. The molecule has 0 radical (unpaired) electrons. The molecule has 2 rings (SSSR count). The lowest BCUT2D eigenvalue weighted by atomic mass is 10.2. The maximum absolute atomic E-state index is 11.7. The molecule has 0 atom stereocenters. The molecule has 1 aromatic heterocycles. The molecule has 8 heteroatoms. The Morgan fingerprint density at radius 1 is 1.40 bits per heavy atom. The second-order valence-corrected chi connectivity index (χ2v) is 4.28. The fourth-order valence-corrected chi connectivity index (χ4v) is 1.70. The van der Waals surface area contributed by atoms with Crippen LogP contribution >= 0.6 is 11.6 Å². The van der Waals surface area contributed by atoms with Gasteiger partial charge in [-0.1, -0.05) is 11.6 Å². The maximum atomic E-state index is 11.7. The zero-order valence-corrected chi connectivity index (χ0v) is 10.9. The van der Waals surface area contributed by atoms with E-state index in [1.807, 2.05) is 0 Å². The molecule has 2 aromatic rings. The van der Waals surface area contributed by atoms with Crippen molar-refractivity contribution < 1.29 is 14.7 Å². The van der Waals surface area contributed by atoms with Crippen molar-refractivity contribution in [1.29, 1.82) is 0 Å². The molecule has 20 heavy (non-hydrogen) atoms. The summed E-state index contributed by atoms with van der Waals surface area (Å²) in [5.41, 5.74) is 0.0875. The molecule has 0 aliphatic carbocycles. The highest BCUT2D eigenvalue weighted by atomic mass is 35.5. The Hall–Kier alpha value is -2.54. The van der Waals surface area contributed by atoms with Gasteiger partial charge in [0.2, 0.25) is 0 Å². The summed E-state index contributed by atoms with van der Waals surface area (Å²) in [6.07, 6.45) is 3.20. The van der Waals surface area contributed by atoms with Crippen LogP contribution in [0.2, 0.25) is 5.02 Å². The fourth-order valence-electron chi connectivity index (χ4n) is 1.53. The third-order valence-electron chi connectivity index (χ3n) is 2.43. The molecule has 4 N–H and O–H groups in total. The average Bonchev–Trinajstić information content (AvgIpc) is 2.91. The van der Waals surface area contributed by atoms with Crippen LogP contribution in [0.15, 0.2) is 30.6 Å². The van der Waals surface area contributed by atoms with Gasteiger partial charge in [-0.2, -0.15) is 0 Å². The predicted molar refractivity (Wildman–Crippen MR) is 72.9 cm³/mol. The van der Waals surface area contributed by atoms with Gasteiger partial charge in [0.1, 0.15) is 5.82 Å². The highest BCUT2D eigenvalue weighted by Gasteiger charge is 2.13. The molecule has 2 amide bonds. The number of anilines is 1. The van der Waals surface area contributed by atoms with E-state index in [4.69, 9.17) is 16.7 Å². The molecule has 1 heterocycles. The van der Waals surface area contributed by atoms with Crippen molar-refractivity contribution in [2.45, 2.75) is 6.54 Å². The van der Waals surface area contributed by atoms with E-state index in [0.717, 1.165) is 0 Å². The van der Waals surface area contributed by atoms with Gasteiger partial charge in [0.15, 0.2) is 0 Å². The van der Waals surface area contributed by atoms with Crippen LogP contribution < -0.4 is 10.6 Å². The Labute approximate surface area is 119 Å². The van der Waals surface area contributed by atoms with Crippen LogP contribution in [0.25, 0.3) is 0 Å². The molecular formula is C12H11ClN4O3. The van der Waals surface area contributed by atoms with E-state index in [1.165, 1.54) is 18.2 Å². The normalized spacial score (nSPS) is 10.1. The van der Waals surface area contributed by atoms with Crippen LogP contribution in [-0.4, -0.2) is 27.1 Å². The molecule has 0 unspecified atom stereocenters. The Kier molecular flexibility index (Phi) is 4.21. The molecule has 1 aromatic carbocycles. The van der Waals surface area contributed by atoms with Gasteiger partial charge in [0.05, 0.1) is 17.8 Å². The van der Waals surface area contributed by atoms with Crippen LogP contribution in [0.3, 0.4) is 0 Å². The molecule has 0 aliphatic rings. The van der Waals surface area contributed by atoms with Crippen LogP contribution in [0.5, 0.6) is 0 Å². The minimum Gasteiger partial charge on any atom is -0.478 e. The standard InChI is InChI=1S/C12H11ClN4O3/c13-7-1-2-9(8(5-7)11(18)19)17-12(20)16-6-10-14-3-4-15-10/h1-5H,6H2,(H,14,15)(H,18,19)(H2,16,17,20). The Bertz CT molecular complexity index is 628. The maximum Gasteiger partial charge on any atom is 0.337 e. The number of nitrogens with one attached hydrogen (secondary N) is 3. The van der Waals surface area contributed by atoms with Gasteiger partial charge in [-0.3, -0.25) is 0 Å². The van der Waals surface area contributed by atoms with Crippen LogP contribution in [0.1, 0.15) is 16.2 Å². The van der Waals surface area contributed by atoms with Gasteiger partial charge in [-0.15, -0.1) is 0 Å². The van der Waals surface area contributed by atoms with E-state index in [-0.39, 0.29) is 22.8 Å². The number of aromatic carboxylic acids is 1. The second kappa shape index (κ2) is 6.07. The quantitative estimate of drug-likeness (QED) is 0.692. The van der Waals surface area contributed by atoms with E-state index in [0.29, 0.717) is 5.82 Å². The number of hydrogen-bond acceptors (Lipinski definition) is 3. The molecular weight excluding hydrogens is 284 g/mol. The Morgan fingerprint density at radius 3 is 2.85 bits per heavy atom. The number of amides is 2. The van der Waals surface area contributed by atoms with Crippen molar-refractivity contribution in [3.8, 4) is 0 Å². The van der Waals surface area contributed by atoms with Gasteiger partial charge in [0.25, 0.3) is 0 Å². The number of carbonyl (C=O) groups excluding carboxylic acids is 1. The number of nitrogens with zero attached hydrogens (tertiary/aromatic N) is 1. The zero-order chi connectivity index (χ0) is 14.5. The highest BCUT2D eigenvalue weighted by molar-refractivity contribution is 6.31. The third kappa shape index (κ3) is 3.48. The number of hydrogen-bond donors (Lipinski definition) is 4. The van der Waals surface area contributed by atoms with E-state index in [9.17, 15) is 9.59 Å². The summed E-state index contributed by atoms with van der Waals surface area (Å²) in [7, 11) is 0. The summed E-state index contributed by atoms with van der Waals surface area (Å²) < 4.78 is 0. The Morgan fingerprint density at radius 2 is 2.20 bits per heavy atom. The summed E-state index contributed by atoms with van der Waals surface area (Å²) in [5, 5.41) is 14.3. The van der Waals surface area contributed by atoms with Crippen molar-refractivity contribution in [3.05, 3.63) is 47.0 Å². The van der Waals surface area contributed by atoms with Crippen molar-refractivity contribution in [3.63, 3.8) is 0 Å². The lowest BCUT2D eigenvalue weighted by Gasteiger charge is -2.09. The van der Waals surface area contributed by atoms with E-state index >= 15 is 0 Å². The number of rotatable bonds is 4. The lowest BCUT2D eigenvalue weighted by Crippen LogP contribution is -2.29. The van der Waals surface area contributed by atoms with Crippen LogP contribution in [-0.2, 0) is 6.54 Å². The SMILES string of the molecule is O=C(NCc1ncc[nH]1)Nc1ccc(Cl)cc1C(=O)O. The molecule has 0 spiro atoms. The number of halogens is 1. The molecule has 0 bridgehead atoms. The summed E-state index contributed by atoms with van der Waals surface area (Å²) in [6, 6.07) is 3.66. The van der Waals surface area contributed by atoms with Gasteiger partial charge >= 0.3 is 12.0 Å². The number of benzene rings is 1. The summed E-state index contributed by atoms with van der Waals surface area (Å²) in [6.45, 7) is 0.203. The van der Waals surface area contributed by atoms with Crippen molar-refractivity contribution >= 4 is 29.3 Å². The van der Waals surface area contributed by atoms with E-state index < -0.39 is 12.0 Å². The van der Waals surface area contributed by atoms with Gasteiger partial charge in [-0.25, -0.2) is 14.6 Å². The number of carboxylic acid groups (broad SMARTS) is 1. The van der Waals surface area contributed by atoms with Crippen LogP contribution in [0.4, 0.5) is 10.5 Å². The number of aromatic nitrogens is 2. The van der Waals surface area contributed by atoms with Crippen molar-refractivity contribution in [1.82, 2.24) is 15.3 Å². The predicted octanol–water partition coefficient (Wildman–Crippen LogP) is 2.08. The number of carboxylic acids is 1. The monoisotopic (exact) mass is 294 g/mol. The number of imidazole rings is 1. The zero-order valence-electron chi connectivity index (χ0n) is 10.2. The first-order valence-electron chi connectivity index (χ1n) is 5.62. The van der Waals surface area contributed by atoms with Crippen LogP contribution in [0, 0.1) is 0 Å². The number of urea groups is 1. The second-order valence-electron chi connectivity index (χ2n) is 3.84. The van der Waals surface area contributed by atoms with Gasteiger partial charge in [0, 0.05) is 17.4 Å². The smallest absolute Gasteiger partial charge is 0.337 e. The first kappa shape index (κ1) is 13.9. The molecule has 0 aliphatic heterocycles. The van der Waals surface area contributed by atoms with Crippen molar-refractivity contribution in [2.24, 2.45) is 0 Å². The molecule has 0 fully saturated rings. The van der Waals surface area contributed by atoms with Gasteiger partial charge in [-0.05, 0) is 18.2 Å². The number of carbonyl (C=O) groups is 2. The van der Waals surface area contributed by atoms with Crippen molar-refractivity contribution in [2.75, 3.05) is 5.32 Å². The number of aromatic amines is 1. The molecule has 104 valence electrons. The first-order valence-corrected chi connectivity index (χ1v) is 6.00. The fraction of sp³-hybridized carbons (Fsp3) is 0.0833. The third-order valence-corrected chi connectivity index (χ3v) is 2.67. The molecule has 0 saturated heterocycles. The molecule has 7 nitrogen and oxygen atoms in total. The summed E-state index contributed by atoms with van der Waals surface area (Å²) in [5.74, 6) is -0.580. The first-order chi connectivity index (χ1) is 9.56. The summed E-state index contributed by atoms with van der Waals surface area (Å²) >= 11 is 5.72. The minimum atomic E-state index is -1.17. The van der Waals surface area contributed by atoms with E-state index in [1.54, 1.807) is 12.4 Å². The number of H-pyrrole nitrogens is 1. The van der Waals surface area contributed by atoms with E-state index in [2.05, 4.69) is 20.6 Å². The lowest BCUT2D eigenvalue weighted by molar-refractivity contribution is 0.0698. The summed E-state index contributed by atoms with van der Waals surface area (Å²) in [4.78, 5) is 29.5. The molecule has 0 saturated carbocycles. The highest BCUT2D eigenvalue weighted by Crippen LogP contribution is 2.20. The average molecular weight is 295 g/mol.